The van der Waals surface area contributed by atoms with Crippen molar-refractivity contribution in [3.05, 3.63) is 40.7 Å². The van der Waals surface area contributed by atoms with Gasteiger partial charge in [0.2, 0.25) is 12.7 Å². The average Bonchev–Trinajstić information content (AvgIpc) is 3.06. The van der Waals surface area contributed by atoms with Gasteiger partial charge in [-0.15, -0.1) is 0 Å². The zero-order valence-electron chi connectivity index (χ0n) is 14.6. The Kier molecular flexibility index (Phi) is 5.43. The number of carbonyl (C=O) groups excluding carboxylic acids is 1. The number of benzene rings is 1. The van der Waals surface area contributed by atoms with Crippen LogP contribution >= 0.6 is 11.8 Å². The summed E-state index contributed by atoms with van der Waals surface area (Å²) in [7, 11) is 0. The van der Waals surface area contributed by atoms with Gasteiger partial charge in [0.1, 0.15) is 0 Å². The topological polar surface area (TPSA) is 73.3 Å². The quantitative estimate of drug-likeness (QED) is 0.632. The Labute approximate surface area is 151 Å². The molecule has 6 nitrogen and oxygen atoms in total. The van der Waals surface area contributed by atoms with Crippen LogP contribution in [0.25, 0.3) is 0 Å². The second kappa shape index (κ2) is 7.74. The molecule has 1 N–H and O–H groups in total. The van der Waals surface area contributed by atoms with Crippen LogP contribution in [0.2, 0.25) is 0 Å². The number of amides is 1. The zero-order valence-corrected chi connectivity index (χ0v) is 15.4. The van der Waals surface area contributed by atoms with Crippen LogP contribution in [0.4, 0.5) is 0 Å². The summed E-state index contributed by atoms with van der Waals surface area (Å²) in [6, 6.07) is 5.68. The van der Waals surface area contributed by atoms with Crippen LogP contribution in [0.1, 0.15) is 28.9 Å². The molecule has 2 heterocycles. The van der Waals surface area contributed by atoms with E-state index >= 15 is 0 Å². The van der Waals surface area contributed by atoms with E-state index in [-0.39, 0.29) is 12.7 Å². The number of aromatic nitrogens is 2. The number of rotatable bonds is 6. The summed E-state index contributed by atoms with van der Waals surface area (Å²) in [6.45, 7) is 4.65. The van der Waals surface area contributed by atoms with E-state index in [9.17, 15) is 4.79 Å². The van der Waals surface area contributed by atoms with E-state index in [0.717, 1.165) is 39.2 Å². The maximum Gasteiger partial charge on any atom is 0.231 e. The minimum absolute atomic E-state index is 0.00501. The Morgan fingerprint density at radius 1 is 1.20 bits per heavy atom. The molecule has 0 saturated carbocycles. The van der Waals surface area contributed by atoms with Crippen molar-refractivity contribution in [2.24, 2.45) is 0 Å². The molecule has 0 fully saturated rings. The van der Waals surface area contributed by atoms with Gasteiger partial charge in [0.05, 0.1) is 0 Å². The number of hydrogen-bond acceptors (Lipinski definition) is 6. The highest BCUT2D eigenvalue weighted by atomic mass is 32.2. The third-order valence-corrected chi connectivity index (χ3v) is 4.66. The van der Waals surface area contributed by atoms with Gasteiger partial charge in [0, 0.05) is 24.4 Å². The second-order valence-electron chi connectivity index (χ2n) is 5.82. The number of ether oxygens (including phenoxy) is 2. The predicted molar refractivity (Wildman–Crippen MR) is 96.0 cm³/mol. The Morgan fingerprint density at radius 3 is 2.64 bits per heavy atom. The fourth-order valence-electron chi connectivity index (χ4n) is 2.74. The van der Waals surface area contributed by atoms with E-state index in [1.54, 1.807) is 0 Å². The normalized spacial score (nSPS) is 12.3. The summed E-state index contributed by atoms with van der Waals surface area (Å²) in [6.07, 6.45) is 3.00. The van der Waals surface area contributed by atoms with Crippen LogP contribution in [0.3, 0.4) is 0 Å². The summed E-state index contributed by atoms with van der Waals surface area (Å²) >= 11 is 1.52. The third kappa shape index (κ3) is 4.22. The van der Waals surface area contributed by atoms with E-state index < -0.39 is 0 Å². The first-order valence-corrected chi connectivity index (χ1v) is 9.32. The molecule has 0 aliphatic carbocycles. The Morgan fingerprint density at radius 2 is 1.92 bits per heavy atom. The lowest BCUT2D eigenvalue weighted by Crippen LogP contribution is -2.23. The molecule has 1 amide bonds. The summed E-state index contributed by atoms with van der Waals surface area (Å²) in [4.78, 5) is 21.1. The van der Waals surface area contributed by atoms with Crippen molar-refractivity contribution in [3.8, 4) is 11.5 Å². The molecule has 0 saturated heterocycles. The van der Waals surface area contributed by atoms with E-state index in [4.69, 9.17) is 9.47 Å². The van der Waals surface area contributed by atoms with E-state index in [2.05, 4.69) is 15.3 Å². The van der Waals surface area contributed by atoms with E-state index in [0.29, 0.717) is 19.4 Å². The first-order chi connectivity index (χ1) is 12.1. The highest BCUT2D eigenvalue weighted by Crippen LogP contribution is 2.32. The largest absolute Gasteiger partial charge is 0.454 e. The first-order valence-electron chi connectivity index (χ1n) is 8.10. The highest BCUT2D eigenvalue weighted by Gasteiger charge is 2.14. The smallest absolute Gasteiger partial charge is 0.231 e. The highest BCUT2D eigenvalue weighted by molar-refractivity contribution is 7.98. The van der Waals surface area contributed by atoms with Crippen LogP contribution in [-0.2, 0) is 17.8 Å². The minimum Gasteiger partial charge on any atom is -0.454 e. The van der Waals surface area contributed by atoms with Crippen molar-refractivity contribution in [3.63, 3.8) is 0 Å². The van der Waals surface area contributed by atoms with Crippen LogP contribution in [0, 0.1) is 13.8 Å². The fraction of sp³-hybridized carbons (Fsp3) is 0.389. The summed E-state index contributed by atoms with van der Waals surface area (Å²) in [5, 5.41) is 3.71. The lowest BCUT2D eigenvalue weighted by Gasteiger charge is -2.10. The van der Waals surface area contributed by atoms with Crippen LogP contribution in [0.15, 0.2) is 23.4 Å². The fourth-order valence-corrected chi connectivity index (χ4v) is 3.20. The molecule has 0 bridgehead atoms. The van der Waals surface area contributed by atoms with Gasteiger partial charge >= 0.3 is 0 Å². The molecule has 0 atom stereocenters. The minimum atomic E-state index is 0.00501. The lowest BCUT2D eigenvalue weighted by atomic mass is 10.1. The molecule has 1 aromatic heterocycles. The number of nitrogens with zero attached hydrogens (tertiary/aromatic N) is 2. The molecule has 1 aromatic carbocycles. The number of aryl methyl sites for hydroxylation is 2. The van der Waals surface area contributed by atoms with Crippen molar-refractivity contribution in [1.29, 1.82) is 0 Å². The molecule has 7 heteroatoms. The van der Waals surface area contributed by atoms with Crippen molar-refractivity contribution in [2.75, 3.05) is 13.0 Å². The summed E-state index contributed by atoms with van der Waals surface area (Å²) in [5.74, 6) is 1.48. The van der Waals surface area contributed by atoms with E-state index in [1.807, 2.05) is 38.3 Å². The van der Waals surface area contributed by atoms with Gasteiger partial charge in [-0.3, -0.25) is 4.79 Å². The molecule has 0 spiro atoms. The molecule has 1 aliphatic heterocycles. The van der Waals surface area contributed by atoms with Crippen LogP contribution in [0.5, 0.6) is 11.5 Å². The number of carbonyl (C=O) groups is 1. The number of thioether (sulfide) groups is 1. The van der Waals surface area contributed by atoms with Crippen molar-refractivity contribution >= 4 is 17.7 Å². The van der Waals surface area contributed by atoms with Crippen LogP contribution in [-0.4, -0.2) is 28.9 Å². The summed E-state index contributed by atoms with van der Waals surface area (Å²) in [5.41, 5.74) is 3.93. The summed E-state index contributed by atoms with van der Waals surface area (Å²) < 4.78 is 10.6. The Balaban J connectivity index is 1.53. The second-order valence-corrected chi connectivity index (χ2v) is 6.60. The van der Waals surface area contributed by atoms with E-state index in [1.165, 1.54) is 11.8 Å². The first kappa shape index (κ1) is 17.5. The molecule has 1 aliphatic rings. The van der Waals surface area contributed by atoms with Crippen molar-refractivity contribution in [1.82, 2.24) is 15.3 Å². The predicted octanol–water partition coefficient (Wildman–Crippen LogP) is 2.79. The SMILES string of the molecule is CSc1nc(C)c(CCC(=O)NCc2ccc3c(c2)OCO3)c(C)n1. The maximum absolute atomic E-state index is 12.2. The van der Waals surface area contributed by atoms with Gasteiger partial charge in [-0.05, 0) is 49.8 Å². The molecule has 0 unspecified atom stereocenters. The molecular weight excluding hydrogens is 338 g/mol. The molecule has 25 heavy (non-hydrogen) atoms. The lowest BCUT2D eigenvalue weighted by molar-refractivity contribution is -0.121. The van der Waals surface area contributed by atoms with Crippen molar-refractivity contribution < 1.29 is 14.3 Å². The van der Waals surface area contributed by atoms with Gasteiger partial charge < -0.3 is 14.8 Å². The van der Waals surface area contributed by atoms with Gasteiger partial charge in [-0.25, -0.2) is 9.97 Å². The van der Waals surface area contributed by atoms with Gasteiger partial charge in [0.15, 0.2) is 16.7 Å². The van der Waals surface area contributed by atoms with Crippen molar-refractivity contribution in [2.45, 2.75) is 38.4 Å². The molecule has 132 valence electrons. The molecule has 2 aromatic rings. The number of fused-ring (bicyclic) bond motifs is 1. The Hall–Kier alpha value is -2.28. The molecular formula is C18H21N3O3S. The van der Waals surface area contributed by atoms with Gasteiger partial charge in [-0.1, -0.05) is 17.8 Å². The average molecular weight is 359 g/mol. The monoisotopic (exact) mass is 359 g/mol. The maximum atomic E-state index is 12.2. The Bertz CT molecular complexity index is 772. The van der Waals surface area contributed by atoms with Gasteiger partial charge in [0.25, 0.3) is 0 Å². The number of nitrogens with one attached hydrogen (secondary N) is 1. The van der Waals surface area contributed by atoms with Crippen LogP contribution < -0.4 is 14.8 Å². The van der Waals surface area contributed by atoms with Gasteiger partial charge in [-0.2, -0.15) is 0 Å². The standard InChI is InChI=1S/C18H21N3O3S/c1-11-14(12(2)21-18(20-11)25-3)5-7-17(22)19-9-13-4-6-15-16(8-13)24-10-23-15/h4,6,8H,5,7,9-10H2,1-3H3,(H,19,22). The molecule has 3 rings (SSSR count). The number of hydrogen-bond donors (Lipinski definition) is 1. The third-order valence-electron chi connectivity index (χ3n) is 4.11. The molecule has 0 radical (unpaired) electrons. The zero-order chi connectivity index (χ0) is 17.8.